The van der Waals surface area contributed by atoms with E-state index in [4.69, 9.17) is 18.3 Å². The lowest BCUT2D eigenvalue weighted by Gasteiger charge is -2.38. The number of ether oxygens (including phenoxy) is 2. The first-order chi connectivity index (χ1) is 9.54. The van der Waals surface area contributed by atoms with Crippen molar-refractivity contribution in [3.8, 4) is 0 Å². The van der Waals surface area contributed by atoms with Crippen molar-refractivity contribution in [3.63, 3.8) is 0 Å². The first-order valence-corrected chi connectivity index (χ1v) is 10.5. The fourth-order valence-corrected chi connectivity index (χ4v) is 4.97. The molecule has 1 saturated heterocycles. The number of hydrogen-bond acceptors (Lipinski definition) is 4. The molecule has 0 aromatic heterocycles. The topological polar surface area (TPSA) is 36.9 Å². The van der Waals surface area contributed by atoms with Gasteiger partial charge in [-0.15, -0.1) is 0 Å². The van der Waals surface area contributed by atoms with E-state index in [1.807, 2.05) is 13.8 Å². The quantitative estimate of drug-likeness (QED) is 0.409. The molecule has 1 heterocycles. The first-order valence-electron chi connectivity index (χ1n) is 7.97. The highest BCUT2D eigenvalue weighted by molar-refractivity contribution is 6.66. The van der Waals surface area contributed by atoms with E-state index in [0.717, 1.165) is 58.5 Å². The third-order valence-electron chi connectivity index (χ3n) is 3.79. The van der Waals surface area contributed by atoms with Gasteiger partial charge in [0.1, 0.15) is 0 Å². The Kier molecular flexibility index (Phi) is 8.29. The van der Waals surface area contributed by atoms with E-state index in [2.05, 4.69) is 13.5 Å². The van der Waals surface area contributed by atoms with E-state index in [1.54, 1.807) is 0 Å². The van der Waals surface area contributed by atoms with Gasteiger partial charge in [0.05, 0.1) is 13.2 Å². The van der Waals surface area contributed by atoms with Crippen molar-refractivity contribution >= 4 is 8.56 Å². The van der Waals surface area contributed by atoms with Crippen LogP contribution in [-0.2, 0) is 18.3 Å². The van der Waals surface area contributed by atoms with Crippen molar-refractivity contribution in [3.05, 3.63) is 0 Å². The Morgan fingerprint density at radius 3 is 2.15 bits per heavy atom. The lowest BCUT2D eigenvalue weighted by Crippen LogP contribution is -2.39. The highest BCUT2D eigenvalue weighted by Gasteiger charge is 2.32. The molecule has 0 N–H and O–H groups in total. The van der Waals surface area contributed by atoms with Crippen LogP contribution < -0.4 is 0 Å². The van der Waals surface area contributed by atoms with E-state index >= 15 is 0 Å². The van der Waals surface area contributed by atoms with Crippen LogP contribution in [0.3, 0.4) is 0 Å². The van der Waals surface area contributed by atoms with Crippen LogP contribution in [0.5, 0.6) is 0 Å². The van der Waals surface area contributed by atoms with Crippen LogP contribution in [0.2, 0.25) is 12.6 Å². The Bertz CT molecular complexity index is 250. The maximum Gasteiger partial charge on any atom is 0.334 e. The molecular weight excluding hydrogens is 272 g/mol. The van der Waals surface area contributed by atoms with Crippen LogP contribution in [-0.4, -0.2) is 48.2 Å². The molecule has 0 aromatic rings. The molecule has 0 radical (unpaired) electrons. The molecule has 0 aliphatic carbocycles. The van der Waals surface area contributed by atoms with Crippen LogP contribution in [0.15, 0.2) is 0 Å². The maximum absolute atomic E-state index is 5.81. The molecule has 1 aliphatic rings. The zero-order valence-corrected chi connectivity index (χ0v) is 14.7. The Balaban J connectivity index is 1.99. The minimum atomic E-state index is -1.94. The molecule has 20 heavy (non-hydrogen) atoms. The number of rotatable bonds is 12. The van der Waals surface area contributed by atoms with Crippen molar-refractivity contribution in [2.24, 2.45) is 5.41 Å². The molecule has 1 fully saturated rings. The van der Waals surface area contributed by atoms with Gasteiger partial charge in [-0.3, -0.25) is 0 Å². The summed E-state index contributed by atoms with van der Waals surface area (Å²) in [4.78, 5) is 0. The van der Waals surface area contributed by atoms with E-state index < -0.39 is 8.56 Å². The summed E-state index contributed by atoms with van der Waals surface area (Å²) in [6, 6.07) is 1.01. The Morgan fingerprint density at radius 1 is 1.05 bits per heavy atom. The second-order valence-corrected chi connectivity index (χ2v) is 9.47. The van der Waals surface area contributed by atoms with Gasteiger partial charge in [0.2, 0.25) is 0 Å². The van der Waals surface area contributed by atoms with Crippen LogP contribution in [0.4, 0.5) is 0 Å². The molecule has 4 nitrogen and oxygen atoms in total. The largest absolute Gasteiger partial charge is 0.395 e. The fraction of sp³-hybridized carbons (Fsp3) is 1.00. The molecule has 5 heteroatoms. The van der Waals surface area contributed by atoms with Crippen molar-refractivity contribution < 1.29 is 18.3 Å². The predicted molar refractivity (Wildman–Crippen MR) is 83.3 cm³/mol. The molecule has 0 amide bonds. The minimum absolute atomic E-state index is 0.415. The van der Waals surface area contributed by atoms with Crippen molar-refractivity contribution in [1.82, 2.24) is 0 Å². The zero-order valence-electron chi connectivity index (χ0n) is 13.7. The summed E-state index contributed by atoms with van der Waals surface area (Å²) in [5.41, 5.74) is 0.415. The Hall–Kier alpha value is 0.0569. The zero-order chi connectivity index (χ0) is 14.9. The van der Waals surface area contributed by atoms with Crippen LogP contribution >= 0.6 is 0 Å². The molecule has 1 rings (SSSR count). The molecule has 1 aliphatic heterocycles. The average molecular weight is 305 g/mol. The van der Waals surface area contributed by atoms with E-state index in [9.17, 15) is 0 Å². The molecule has 0 spiro atoms. The van der Waals surface area contributed by atoms with Gasteiger partial charge in [-0.2, -0.15) is 0 Å². The van der Waals surface area contributed by atoms with E-state index in [0.29, 0.717) is 5.41 Å². The van der Waals surface area contributed by atoms with Gasteiger partial charge in [-0.1, -0.05) is 6.92 Å². The van der Waals surface area contributed by atoms with Crippen molar-refractivity contribution in [2.75, 3.05) is 39.6 Å². The van der Waals surface area contributed by atoms with Crippen LogP contribution in [0, 0.1) is 5.41 Å². The summed E-state index contributed by atoms with van der Waals surface area (Å²) in [5.74, 6) is 0. The van der Waals surface area contributed by atoms with Gasteiger partial charge in [0.15, 0.2) is 0 Å². The third kappa shape index (κ3) is 6.67. The van der Waals surface area contributed by atoms with Gasteiger partial charge < -0.3 is 18.3 Å². The summed E-state index contributed by atoms with van der Waals surface area (Å²) in [6.45, 7) is 13.5. The molecule has 120 valence electrons. The molecule has 0 bridgehead atoms. The lowest BCUT2D eigenvalue weighted by atomic mass is 9.84. The van der Waals surface area contributed by atoms with Gasteiger partial charge in [-0.05, 0) is 45.7 Å². The second kappa shape index (κ2) is 9.15. The van der Waals surface area contributed by atoms with Gasteiger partial charge >= 0.3 is 8.56 Å². The smallest absolute Gasteiger partial charge is 0.334 e. The Labute approximate surface area is 125 Å². The van der Waals surface area contributed by atoms with Gasteiger partial charge in [0, 0.05) is 31.8 Å². The molecular formula is C15H32O4Si. The van der Waals surface area contributed by atoms with Crippen molar-refractivity contribution in [2.45, 2.75) is 52.6 Å². The third-order valence-corrected chi connectivity index (χ3v) is 6.85. The van der Waals surface area contributed by atoms with Gasteiger partial charge in [0.25, 0.3) is 0 Å². The van der Waals surface area contributed by atoms with Gasteiger partial charge in [-0.25, -0.2) is 0 Å². The van der Waals surface area contributed by atoms with Crippen LogP contribution in [0.25, 0.3) is 0 Å². The summed E-state index contributed by atoms with van der Waals surface area (Å²) < 4.78 is 22.6. The first kappa shape index (κ1) is 18.1. The molecule has 0 saturated carbocycles. The molecule has 0 aromatic carbocycles. The lowest BCUT2D eigenvalue weighted by molar-refractivity contribution is -0.108. The average Bonchev–Trinajstić information content (AvgIpc) is 2.36. The standard InChI is InChI=1S/C15H32O4Si/c1-5-18-20(4,19-6-2)12-8-11-16-10-7-9-15(3)13-17-14-15/h5-14H2,1-4H3. The number of hydrogen-bond donors (Lipinski definition) is 0. The molecule has 0 unspecified atom stereocenters. The minimum Gasteiger partial charge on any atom is -0.395 e. The summed E-state index contributed by atoms with van der Waals surface area (Å²) >= 11 is 0. The van der Waals surface area contributed by atoms with E-state index in [-0.39, 0.29) is 0 Å². The normalized spacial score (nSPS) is 18.0. The predicted octanol–water partition coefficient (Wildman–Crippen LogP) is 3.35. The Morgan fingerprint density at radius 2 is 1.65 bits per heavy atom. The second-order valence-electron chi connectivity index (χ2n) is 6.12. The molecule has 0 atom stereocenters. The van der Waals surface area contributed by atoms with Crippen LogP contribution in [0.1, 0.15) is 40.0 Å². The monoisotopic (exact) mass is 304 g/mol. The highest BCUT2D eigenvalue weighted by Crippen LogP contribution is 2.31. The summed E-state index contributed by atoms with van der Waals surface area (Å²) in [7, 11) is -1.94. The van der Waals surface area contributed by atoms with Crippen molar-refractivity contribution in [1.29, 1.82) is 0 Å². The summed E-state index contributed by atoms with van der Waals surface area (Å²) in [5, 5.41) is 0. The summed E-state index contributed by atoms with van der Waals surface area (Å²) in [6.07, 6.45) is 3.37. The fourth-order valence-electron chi connectivity index (χ4n) is 2.59. The maximum atomic E-state index is 5.81. The van der Waals surface area contributed by atoms with E-state index in [1.165, 1.54) is 6.42 Å². The highest BCUT2D eigenvalue weighted by atomic mass is 28.4. The SMILES string of the molecule is CCO[Si](C)(CCCOCCCC1(C)COC1)OCC.